The van der Waals surface area contributed by atoms with Crippen molar-refractivity contribution >= 4 is 46.1 Å². The van der Waals surface area contributed by atoms with Gasteiger partial charge in [0.25, 0.3) is 0 Å². The zero-order valence-corrected chi connectivity index (χ0v) is 23.8. The maximum absolute atomic E-state index is 5.63. The van der Waals surface area contributed by atoms with Crippen molar-refractivity contribution in [3.63, 3.8) is 0 Å². The van der Waals surface area contributed by atoms with E-state index >= 15 is 0 Å². The van der Waals surface area contributed by atoms with Gasteiger partial charge in [0.05, 0.1) is 18.0 Å². The number of thiocarbonyl (C=S) groups is 2. The molecule has 8 heteroatoms. The lowest BCUT2D eigenvalue weighted by Crippen LogP contribution is -2.31. The first-order valence-electron chi connectivity index (χ1n) is 11.8. The molecule has 0 aromatic carbocycles. The molecule has 0 aliphatic heterocycles. The van der Waals surface area contributed by atoms with Gasteiger partial charge in [0.1, 0.15) is 0 Å². The Morgan fingerprint density at radius 2 is 1.37 bits per heavy atom. The van der Waals surface area contributed by atoms with Crippen molar-refractivity contribution < 1.29 is 0 Å². The molecular weight excluding hydrogens is 509 g/mol. The number of nitrogens with zero attached hydrogens (tertiary/aromatic N) is 2. The summed E-state index contributed by atoms with van der Waals surface area (Å²) in [4.78, 5) is 4.82. The Hall–Kier alpha value is -4.14. The average molecular weight is 547 g/mol. The van der Waals surface area contributed by atoms with Crippen LogP contribution in [0.15, 0.2) is 144 Å². The Labute approximate surface area is 238 Å². The number of nitrogens with two attached hydrogens (primary N) is 2. The highest BCUT2D eigenvalue weighted by atomic mass is 32.1. The third-order valence-electron chi connectivity index (χ3n) is 4.46. The van der Waals surface area contributed by atoms with Gasteiger partial charge in [-0.3, -0.25) is 10.4 Å². The molecule has 0 unspecified atom stereocenters. The third-order valence-corrected chi connectivity index (χ3v) is 4.69. The number of nitrogens with one attached hydrogen (secondary N) is 2. The van der Waals surface area contributed by atoms with Crippen LogP contribution in [-0.2, 0) is 0 Å². The van der Waals surface area contributed by atoms with Crippen molar-refractivity contribution in [3.05, 3.63) is 134 Å². The van der Waals surface area contributed by atoms with Gasteiger partial charge in [-0.25, -0.2) is 0 Å². The Morgan fingerprint density at radius 1 is 0.737 bits per heavy atom. The van der Waals surface area contributed by atoms with Gasteiger partial charge in [0, 0.05) is 17.7 Å². The summed E-state index contributed by atoms with van der Waals surface area (Å²) in [5.41, 5.74) is 18.3. The van der Waals surface area contributed by atoms with E-state index in [1.54, 1.807) is 36.5 Å². The molecule has 6 nitrogen and oxygen atoms in total. The summed E-state index contributed by atoms with van der Waals surface area (Å²) in [6.45, 7) is 20.4. The smallest absolute Gasteiger partial charge is 0.184 e. The monoisotopic (exact) mass is 546 g/mol. The summed E-state index contributed by atoms with van der Waals surface area (Å²) < 4.78 is 0. The fourth-order valence-corrected chi connectivity index (χ4v) is 3.02. The number of aliphatic imine (C=N–C) groups is 1. The molecule has 200 valence electrons. The molecule has 0 aliphatic carbocycles. The first kappa shape index (κ1) is 33.9. The van der Waals surface area contributed by atoms with Crippen LogP contribution in [0.2, 0.25) is 0 Å². The molecule has 0 aliphatic rings. The molecular formula is C30H38N6S2. The van der Waals surface area contributed by atoms with Crippen LogP contribution in [-0.4, -0.2) is 34.7 Å². The second-order valence-corrected chi connectivity index (χ2v) is 8.09. The molecule has 0 rings (SSSR count). The summed E-state index contributed by atoms with van der Waals surface area (Å²) in [6.07, 6.45) is 25.8. The lowest BCUT2D eigenvalue weighted by Gasteiger charge is -2.11. The lowest BCUT2D eigenvalue weighted by molar-refractivity contribution is 0.880. The molecule has 38 heavy (non-hydrogen) atoms. The van der Waals surface area contributed by atoms with Gasteiger partial charge in [0.15, 0.2) is 10.2 Å². The van der Waals surface area contributed by atoms with Gasteiger partial charge in [-0.1, -0.05) is 111 Å². The molecule has 0 saturated heterocycles. The van der Waals surface area contributed by atoms with E-state index in [1.165, 1.54) is 0 Å². The molecule has 0 spiro atoms. The number of hydrazone groups is 1. The van der Waals surface area contributed by atoms with Crippen molar-refractivity contribution in [1.29, 1.82) is 0 Å². The first-order valence-corrected chi connectivity index (χ1v) is 12.6. The van der Waals surface area contributed by atoms with Gasteiger partial charge >= 0.3 is 0 Å². The summed E-state index contributed by atoms with van der Waals surface area (Å²) in [7, 11) is 0. The first-order chi connectivity index (χ1) is 18.3. The van der Waals surface area contributed by atoms with Crippen LogP contribution < -0.4 is 22.2 Å². The molecule has 6 N–H and O–H groups in total. The summed E-state index contributed by atoms with van der Waals surface area (Å²) in [5.74, 6) is 0. The molecule has 0 bridgehead atoms. The SMILES string of the molecule is C=C\C=C/C(=C\C=C)C(=N\NC(N)=S)/C(C=C)=C/C=C(C=C)/C(=N/CCNC(N)=S)C(/C=C\C)=C\C=C/C. The lowest BCUT2D eigenvalue weighted by atomic mass is 9.97. The Morgan fingerprint density at radius 3 is 1.87 bits per heavy atom. The van der Waals surface area contributed by atoms with Gasteiger partial charge in [0.2, 0.25) is 0 Å². The number of rotatable bonds is 16. The normalized spacial score (nSPS) is 14.2. The van der Waals surface area contributed by atoms with E-state index in [0.29, 0.717) is 24.4 Å². The average Bonchev–Trinajstić information content (AvgIpc) is 2.89. The van der Waals surface area contributed by atoms with E-state index in [-0.39, 0.29) is 10.2 Å². The van der Waals surface area contributed by atoms with Crippen LogP contribution in [0, 0.1) is 0 Å². The van der Waals surface area contributed by atoms with Crippen molar-refractivity contribution in [1.82, 2.24) is 10.7 Å². The Bertz CT molecular complexity index is 1160. The standard InChI is InChI=1S/C30H38N6S2/c1-7-13-17-25(15-9-3)27(33-21-22-34-29(31)37)23(11-5)19-20-24(12-6)28(35-36-30(32)38)26(16-10-4)18-14-8-2/h7-20H,2,4-6,21-22H2,1,3H3,(H3,31,34,37)(H3,32,36,38)/b13-7-,15-9-,18-14-,23-19+,24-20+,25-17-,26-16+,33-27-,35-28-. The quantitative estimate of drug-likeness (QED) is 0.0660. The van der Waals surface area contributed by atoms with Crippen LogP contribution >= 0.6 is 24.4 Å². The van der Waals surface area contributed by atoms with E-state index in [2.05, 4.69) is 42.2 Å². The van der Waals surface area contributed by atoms with E-state index < -0.39 is 0 Å². The maximum Gasteiger partial charge on any atom is 0.184 e. The minimum atomic E-state index is 0.0315. The van der Waals surface area contributed by atoms with Crippen LogP contribution in [0.1, 0.15) is 13.8 Å². The summed E-state index contributed by atoms with van der Waals surface area (Å²) in [5, 5.41) is 7.58. The fourth-order valence-electron chi connectivity index (χ4n) is 2.87. The minimum Gasteiger partial charge on any atom is -0.376 e. The molecule has 0 aromatic rings. The van der Waals surface area contributed by atoms with Crippen LogP contribution in [0.25, 0.3) is 0 Å². The van der Waals surface area contributed by atoms with E-state index in [0.717, 1.165) is 22.4 Å². The van der Waals surface area contributed by atoms with Crippen molar-refractivity contribution in [3.8, 4) is 0 Å². The van der Waals surface area contributed by atoms with E-state index in [4.69, 9.17) is 40.9 Å². The van der Waals surface area contributed by atoms with Crippen molar-refractivity contribution in [2.45, 2.75) is 13.8 Å². The van der Waals surface area contributed by atoms with Crippen LogP contribution in [0.3, 0.4) is 0 Å². The highest BCUT2D eigenvalue weighted by Gasteiger charge is 2.11. The van der Waals surface area contributed by atoms with Gasteiger partial charge < -0.3 is 16.8 Å². The van der Waals surface area contributed by atoms with Crippen LogP contribution in [0.5, 0.6) is 0 Å². The Balaban J connectivity index is 7.00. The third kappa shape index (κ3) is 13.8. The predicted molar refractivity (Wildman–Crippen MR) is 176 cm³/mol. The molecule has 0 radical (unpaired) electrons. The molecule has 0 fully saturated rings. The number of allylic oxidation sites excluding steroid dienone is 18. The molecule has 0 amide bonds. The molecule has 0 heterocycles. The van der Waals surface area contributed by atoms with Gasteiger partial charge in [-0.05, 0) is 49.4 Å². The highest BCUT2D eigenvalue weighted by Crippen LogP contribution is 2.16. The highest BCUT2D eigenvalue weighted by molar-refractivity contribution is 7.80. The Kier molecular flexibility index (Phi) is 18.7. The summed E-state index contributed by atoms with van der Waals surface area (Å²) in [6, 6.07) is 0. The maximum atomic E-state index is 5.63. The van der Waals surface area contributed by atoms with Gasteiger partial charge in [-0.2, -0.15) is 5.10 Å². The van der Waals surface area contributed by atoms with E-state index in [9.17, 15) is 0 Å². The number of hydrogen-bond acceptors (Lipinski definition) is 4. The van der Waals surface area contributed by atoms with Gasteiger partial charge in [-0.15, -0.1) is 0 Å². The minimum absolute atomic E-state index is 0.0315. The second-order valence-electron chi connectivity index (χ2n) is 7.21. The van der Waals surface area contributed by atoms with Crippen LogP contribution in [0.4, 0.5) is 0 Å². The second kappa shape index (κ2) is 21.0. The summed E-state index contributed by atoms with van der Waals surface area (Å²) >= 11 is 9.85. The predicted octanol–water partition coefficient (Wildman–Crippen LogP) is 5.61. The molecule has 0 atom stereocenters. The topological polar surface area (TPSA) is 101 Å². The van der Waals surface area contributed by atoms with Crippen molar-refractivity contribution in [2.75, 3.05) is 13.1 Å². The molecule has 0 saturated carbocycles. The fraction of sp³-hybridized carbons (Fsp3) is 0.133. The largest absolute Gasteiger partial charge is 0.376 e. The zero-order valence-electron chi connectivity index (χ0n) is 22.2. The van der Waals surface area contributed by atoms with E-state index in [1.807, 2.05) is 62.5 Å². The van der Waals surface area contributed by atoms with Crippen molar-refractivity contribution in [2.24, 2.45) is 21.6 Å². The number of hydrogen-bond donors (Lipinski definition) is 4. The molecule has 0 aromatic heterocycles. The zero-order chi connectivity index (χ0) is 28.8.